The SMILES string of the molecule is NC(Cc1cnc[nH]1)C(=O)NC(Cc1ccc(O)cc1)C(=O)NC(CCC(=O)O)C(=O)NCC(=O)O. The lowest BCUT2D eigenvalue weighted by atomic mass is 10.0. The summed E-state index contributed by atoms with van der Waals surface area (Å²) in [6.07, 6.45) is 2.20. The molecule has 0 fully saturated rings. The van der Waals surface area contributed by atoms with Gasteiger partial charge in [-0.15, -0.1) is 0 Å². The van der Waals surface area contributed by atoms with Crippen molar-refractivity contribution in [3.8, 4) is 5.75 Å². The molecular formula is C22H28N6O8. The minimum atomic E-state index is -1.37. The molecule has 14 nitrogen and oxygen atoms in total. The number of nitrogens with one attached hydrogen (secondary N) is 4. The van der Waals surface area contributed by atoms with Crippen LogP contribution >= 0.6 is 0 Å². The minimum absolute atomic E-state index is 0.00537. The summed E-state index contributed by atoms with van der Waals surface area (Å²) < 4.78 is 0. The van der Waals surface area contributed by atoms with E-state index in [0.717, 1.165) is 0 Å². The summed E-state index contributed by atoms with van der Waals surface area (Å²) in [5.41, 5.74) is 7.12. The van der Waals surface area contributed by atoms with Gasteiger partial charge in [-0.3, -0.25) is 24.0 Å². The number of phenols is 1. The van der Waals surface area contributed by atoms with Crippen LogP contribution in [0.5, 0.6) is 5.75 Å². The van der Waals surface area contributed by atoms with Crippen molar-refractivity contribution < 1.29 is 39.3 Å². The third-order valence-corrected chi connectivity index (χ3v) is 5.03. The molecule has 0 bridgehead atoms. The molecule has 0 saturated heterocycles. The maximum Gasteiger partial charge on any atom is 0.322 e. The smallest absolute Gasteiger partial charge is 0.322 e. The molecule has 0 aliphatic heterocycles. The predicted octanol–water partition coefficient (Wildman–Crippen LogP) is -1.74. The molecule has 1 heterocycles. The van der Waals surface area contributed by atoms with Crippen molar-refractivity contribution in [1.29, 1.82) is 0 Å². The summed E-state index contributed by atoms with van der Waals surface area (Å²) in [7, 11) is 0. The molecule has 2 aromatic rings. The number of nitrogens with two attached hydrogens (primary N) is 1. The van der Waals surface area contributed by atoms with Crippen LogP contribution in [0.3, 0.4) is 0 Å². The Hall–Kier alpha value is -4.46. The highest BCUT2D eigenvalue weighted by Gasteiger charge is 2.29. The second kappa shape index (κ2) is 13.4. The van der Waals surface area contributed by atoms with E-state index in [-0.39, 0.29) is 25.0 Å². The number of carboxylic acid groups (broad SMARTS) is 2. The number of aromatic amines is 1. The molecule has 3 atom stereocenters. The second-order valence-electron chi connectivity index (χ2n) is 7.92. The molecule has 0 spiro atoms. The van der Waals surface area contributed by atoms with E-state index in [2.05, 4.69) is 25.9 Å². The summed E-state index contributed by atoms with van der Waals surface area (Å²) >= 11 is 0. The van der Waals surface area contributed by atoms with Gasteiger partial charge >= 0.3 is 11.9 Å². The fraction of sp³-hybridized carbons (Fsp3) is 0.364. The Morgan fingerprint density at radius 3 is 2.17 bits per heavy atom. The molecular weight excluding hydrogens is 476 g/mol. The Balaban J connectivity index is 2.18. The van der Waals surface area contributed by atoms with E-state index in [4.69, 9.17) is 15.9 Å². The Labute approximate surface area is 205 Å². The van der Waals surface area contributed by atoms with Crippen LogP contribution in [0.1, 0.15) is 24.1 Å². The molecule has 1 aromatic carbocycles. The molecule has 36 heavy (non-hydrogen) atoms. The highest BCUT2D eigenvalue weighted by Crippen LogP contribution is 2.12. The number of nitrogens with zero attached hydrogens (tertiary/aromatic N) is 1. The summed E-state index contributed by atoms with van der Waals surface area (Å²) in [5.74, 6) is -4.92. The fourth-order valence-electron chi connectivity index (χ4n) is 3.18. The molecule has 3 amide bonds. The number of aliphatic carboxylic acids is 2. The first-order valence-corrected chi connectivity index (χ1v) is 10.9. The maximum atomic E-state index is 13.1. The average Bonchev–Trinajstić information content (AvgIpc) is 3.33. The molecule has 9 N–H and O–H groups in total. The first-order valence-electron chi connectivity index (χ1n) is 10.9. The number of carbonyl (C=O) groups is 5. The lowest BCUT2D eigenvalue weighted by molar-refractivity contribution is -0.140. The summed E-state index contributed by atoms with van der Waals surface area (Å²) in [6.45, 7) is -0.728. The van der Waals surface area contributed by atoms with E-state index in [1.54, 1.807) is 0 Å². The van der Waals surface area contributed by atoms with Gasteiger partial charge < -0.3 is 42.0 Å². The van der Waals surface area contributed by atoms with E-state index in [9.17, 15) is 29.1 Å². The van der Waals surface area contributed by atoms with Crippen molar-refractivity contribution in [2.24, 2.45) is 5.73 Å². The number of imidazole rings is 1. The number of amides is 3. The number of H-pyrrole nitrogens is 1. The average molecular weight is 505 g/mol. The molecule has 0 aliphatic carbocycles. The number of phenolic OH excluding ortho intramolecular Hbond substituents is 1. The van der Waals surface area contributed by atoms with Gasteiger partial charge in [0.1, 0.15) is 24.4 Å². The highest BCUT2D eigenvalue weighted by molar-refractivity contribution is 5.94. The summed E-state index contributed by atoms with van der Waals surface area (Å²) in [5, 5.41) is 34.3. The van der Waals surface area contributed by atoms with Gasteiger partial charge in [0.25, 0.3) is 0 Å². The third kappa shape index (κ3) is 9.42. The number of benzene rings is 1. The number of hydrogen-bond donors (Lipinski definition) is 8. The highest BCUT2D eigenvalue weighted by atomic mass is 16.4. The largest absolute Gasteiger partial charge is 0.508 e. The number of aromatic hydroxyl groups is 1. The van der Waals surface area contributed by atoms with Crippen LogP contribution in [0.15, 0.2) is 36.8 Å². The second-order valence-corrected chi connectivity index (χ2v) is 7.92. The van der Waals surface area contributed by atoms with Crippen LogP contribution in [0.2, 0.25) is 0 Å². The topological polar surface area (TPSA) is 237 Å². The van der Waals surface area contributed by atoms with E-state index in [0.29, 0.717) is 11.3 Å². The molecule has 3 unspecified atom stereocenters. The fourth-order valence-corrected chi connectivity index (χ4v) is 3.18. The zero-order valence-electron chi connectivity index (χ0n) is 19.1. The van der Waals surface area contributed by atoms with Crippen molar-refractivity contribution >= 4 is 29.7 Å². The molecule has 0 radical (unpaired) electrons. The molecule has 0 aliphatic rings. The first kappa shape index (κ1) is 27.8. The van der Waals surface area contributed by atoms with E-state index in [1.165, 1.54) is 36.8 Å². The van der Waals surface area contributed by atoms with Gasteiger partial charge in [0.15, 0.2) is 0 Å². The van der Waals surface area contributed by atoms with Crippen LogP contribution in [-0.2, 0) is 36.8 Å². The van der Waals surface area contributed by atoms with Crippen molar-refractivity contribution in [2.45, 2.75) is 43.8 Å². The van der Waals surface area contributed by atoms with Crippen molar-refractivity contribution in [3.63, 3.8) is 0 Å². The van der Waals surface area contributed by atoms with Gasteiger partial charge in [0, 0.05) is 31.2 Å². The Bertz CT molecular complexity index is 1060. The number of carbonyl (C=O) groups excluding carboxylic acids is 3. The summed E-state index contributed by atoms with van der Waals surface area (Å²) in [4.78, 5) is 66.7. The van der Waals surface area contributed by atoms with Gasteiger partial charge in [-0.05, 0) is 24.1 Å². The zero-order valence-corrected chi connectivity index (χ0v) is 19.1. The predicted molar refractivity (Wildman–Crippen MR) is 123 cm³/mol. The van der Waals surface area contributed by atoms with E-state index in [1.807, 2.05) is 0 Å². The van der Waals surface area contributed by atoms with Gasteiger partial charge in [-0.1, -0.05) is 12.1 Å². The standard InChI is InChI=1S/C22H28N6O8/c23-15(8-13-9-24-11-26-13)20(34)28-17(7-12-1-3-14(29)4-2-12)22(36)27-16(5-6-18(30)31)21(35)25-10-19(32)33/h1-4,9,11,15-17,29H,5-8,10,23H2,(H,24,26)(H,25,35)(H,27,36)(H,28,34)(H,30,31)(H,32,33). The third-order valence-electron chi connectivity index (χ3n) is 5.03. The van der Waals surface area contributed by atoms with Crippen LogP contribution in [0.4, 0.5) is 0 Å². The van der Waals surface area contributed by atoms with Gasteiger partial charge in [-0.2, -0.15) is 0 Å². The Morgan fingerprint density at radius 1 is 0.917 bits per heavy atom. The molecule has 194 valence electrons. The van der Waals surface area contributed by atoms with Crippen molar-refractivity contribution in [2.75, 3.05) is 6.54 Å². The van der Waals surface area contributed by atoms with Crippen LogP contribution in [0, 0.1) is 0 Å². The lowest BCUT2D eigenvalue weighted by Crippen LogP contribution is -2.57. The molecule has 14 heteroatoms. The Kier molecular flexibility index (Phi) is 10.4. The molecule has 0 saturated carbocycles. The van der Waals surface area contributed by atoms with Gasteiger partial charge in [-0.25, -0.2) is 4.98 Å². The first-order chi connectivity index (χ1) is 17.0. The number of aromatic nitrogens is 2. The van der Waals surface area contributed by atoms with Crippen LogP contribution < -0.4 is 21.7 Å². The summed E-state index contributed by atoms with van der Waals surface area (Å²) in [6, 6.07) is 2.22. The van der Waals surface area contributed by atoms with E-state index < -0.39 is 60.8 Å². The minimum Gasteiger partial charge on any atom is -0.508 e. The normalized spacial score (nSPS) is 13.1. The van der Waals surface area contributed by atoms with Gasteiger partial charge in [0.05, 0.1) is 12.4 Å². The van der Waals surface area contributed by atoms with Crippen molar-refractivity contribution in [3.05, 3.63) is 48.0 Å². The van der Waals surface area contributed by atoms with Crippen LogP contribution in [-0.4, -0.2) is 79.6 Å². The Morgan fingerprint density at radius 2 is 1.58 bits per heavy atom. The van der Waals surface area contributed by atoms with Crippen molar-refractivity contribution in [1.82, 2.24) is 25.9 Å². The van der Waals surface area contributed by atoms with Gasteiger partial charge in [0.2, 0.25) is 17.7 Å². The monoisotopic (exact) mass is 504 g/mol. The molecule has 1 aromatic heterocycles. The number of hydrogen-bond acceptors (Lipinski definition) is 8. The van der Waals surface area contributed by atoms with E-state index >= 15 is 0 Å². The quantitative estimate of drug-likeness (QED) is 0.144. The lowest BCUT2D eigenvalue weighted by Gasteiger charge is -2.24. The zero-order chi connectivity index (χ0) is 26.7. The maximum absolute atomic E-state index is 13.1. The van der Waals surface area contributed by atoms with Crippen LogP contribution in [0.25, 0.3) is 0 Å². The molecule has 2 rings (SSSR count). The number of rotatable bonds is 14. The number of carboxylic acids is 2.